The smallest absolute Gasteiger partial charge is 0.387 e. The summed E-state index contributed by atoms with van der Waals surface area (Å²) in [5.41, 5.74) is 1.26. The zero-order chi connectivity index (χ0) is 34.8. The zero-order valence-corrected chi connectivity index (χ0v) is 28.9. The maximum Gasteiger partial charge on any atom is 0.387 e. The van der Waals surface area contributed by atoms with Crippen molar-refractivity contribution in [2.75, 3.05) is 57.8 Å². The second-order valence-electron chi connectivity index (χ2n) is 13.1. The molecule has 0 aliphatic carbocycles. The summed E-state index contributed by atoms with van der Waals surface area (Å²) in [6.45, 7) is 7.99. The number of benzene rings is 1. The molecule has 0 radical (unpaired) electrons. The standard InChI is InChI=1S/C34H41F2N9O4S/c1-22(2)50-25-4-5-29(49-34(35)36)26(16-25)31-28(39-33(47)27-17-38-45-9-3-8-37-32(27)45)18-44(40-31)19-30(46)43-10-6-23(7-11-43)41-12-14-42(15-13-41)24-20-48-21-24/h3-5,8-9,16-18,22-24,34H,6-7,10-15,19-21H2,1-2H3,(H,39,47). The van der Waals surface area contributed by atoms with Gasteiger partial charge in [0.1, 0.15) is 23.6 Å². The van der Waals surface area contributed by atoms with Crippen molar-refractivity contribution in [3.05, 3.63) is 54.6 Å². The summed E-state index contributed by atoms with van der Waals surface area (Å²) in [5.74, 6) is -0.717. The van der Waals surface area contributed by atoms with Crippen LogP contribution in [-0.2, 0) is 16.1 Å². The number of carbonyl (C=O) groups is 2. The van der Waals surface area contributed by atoms with E-state index in [4.69, 9.17) is 9.47 Å². The lowest BCUT2D eigenvalue weighted by Crippen LogP contribution is -2.59. The Balaban J connectivity index is 1.10. The van der Waals surface area contributed by atoms with E-state index in [1.807, 2.05) is 18.7 Å². The molecule has 266 valence electrons. The quantitative estimate of drug-likeness (QED) is 0.229. The molecular weight excluding hydrogens is 668 g/mol. The van der Waals surface area contributed by atoms with Gasteiger partial charge < -0.3 is 19.7 Å². The average Bonchev–Trinajstić information content (AvgIpc) is 3.68. The lowest BCUT2D eigenvalue weighted by atomic mass is 10.0. The lowest BCUT2D eigenvalue weighted by Gasteiger charge is -2.46. The monoisotopic (exact) mass is 709 g/mol. The van der Waals surface area contributed by atoms with Crippen LogP contribution in [0.25, 0.3) is 16.9 Å². The fourth-order valence-corrected chi connectivity index (χ4v) is 7.71. The van der Waals surface area contributed by atoms with Crippen LogP contribution in [0.3, 0.4) is 0 Å². The summed E-state index contributed by atoms with van der Waals surface area (Å²) in [6, 6.07) is 7.60. The van der Waals surface area contributed by atoms with Crippen molar-refractivity contribution in [1.82, 2.24) is 39.1 Å². The van der Waals surface area contributed by atoms with E-state index < -0.39 is 12.5 Å². The Kier molecular flexibility index (Phi) is 10.3. The Bertz CT molecular complexity index is 1820. The summed E-state index contributed by atoms with van der Waals surface area (Å²) >= 11 is 1.55. The summed E-state index contributed by atoms with van der Waals surface area (Å²) in [6.07, 6.45) is 7.98. The number of halogens is 2. The van der Waals surface area contributed by atoms with Gasteiger partial charge in [-0.05, 0) is 37.1 Å². The van der Waals surface area contributed by atoms with Gasteiger partial charge in [0.05, 0.1) is 31.1 Å². The molecule has 1 aromatic carbocycles. The Labute approximate surface area is 292 Å². The number of ether oxygens (including phenoxy) is 2. The minimum absolute atomic E-state index is 0.0839. The maximum absolute atomic E-state index is 13.6. The van der Waals surface area contributed by atoms with E-state index in [0.717, 1.165) is 57.1 Å². The highest BCUT2D eigenvalue weighted by molar-refractivity contribution is 7.99. The zero-order valence-electron chi connectivity index (χ0n) is 28.1. The molecule has 7 rings (SSSR count). The third-order valence-electron chi connectivity index (χ3n) is 9.44. The number of thioether (sulfide) groups is 1. The number of anilines is 1. The minimum Gasteiger partial charge on any atom is -0.434 e. The van der Waals surface area contributed by atoms with Crippen molar-refractivity contribution in [2.24, 2.45) is 0 Å². The lowest BCUT2D eigenvalue weighted by molar-refractivity contribution is -0.133. The average molecular weight is 710 g/mol. The first-order valence-electron chi connectivity index (χ1n) is 17.0. The number of likely N-dealkylation sites (tertiary alicyclic amines) is 1. The molecule has 16 heteroatoms. The van der Waals surface area contributed by atoms with Crippen LogP contribution >= 0.6 is 11.8 Å². The summed E-state index contributed by atoms with van der Waals surface area (Å²) < 4.78 is 40.3. The number of alkyl halides is 2. The molecule has 3 aromatic heterocycles. The molecule has 0 unspecified atom stereocenters. The third kappa shape index (κ3) is 7.62. The summed E-state index contributed by atoms with van der Waals surface area (Å²) in [7, 11) is 0. The molecule has 3 saturated heterocycles. The molecule has 3 fully saturated rings. The molecular formula is C34H41F2N9O4S. The van der Waals surface area contributed by atoms with Gasteiger partial charge >= 0.3 is 6.61 Å². The summed E-state index contributed by atoms with van der Waals surface area (Å²) in [5, 5.41) is 12.0. The normalized spacial score (nSPS) is 18.2. The Morgan fingerprint density at radius 3 is 2.48 bits per heavy atom. The number of piperidine rings is 1. The topological polar surface area (TPSA) is 122 Å². The van der Waals surface area contributed by atoms with Crippen LogP contribution in [-0.4, -0.2) is 127 Å². The summed E-state index contributed by atoms with van der Waals surface area (Å²) in [4.78, 5) is 39.2. The van der Waals surface area contributed by atoms with Crippen molar-refractivity contribution in [3.63, 3.8) is 0 Å². The molecule has 4 aromatic rings. The first-order valence-corrected chi connectivity index (χ1v) is 17.9. The fourth-order valence-electron chi connectivity index (χ4n) is 6.83. The van der Waals surface area contributed by atoms with E-state index in [9.17, 15) is 18.4 Å². The number of piperazine rings is 1. The highest BCUT2D eigenvalue weighted by Gasteiger charge is 2.33. The number of nitrogens with zero attached hydrogens (tertiary/aromatic N) is 8. The van der Waals surface area contributed by atoms with Crippen molar-refractivity contribution < 1.29 is 27.8 Å². The van der Waals surface area contributed by atoms with Gasteiger partial charge in [0.15, 0.2) is 5.65 Å². The number of amides is 2. The largest absolute Gasteiger partial charge is 0.434 e. The van der Waals surface area contributed by atoms with Crippen LogP contribution in [0.15, 0.2) is 53.9 Å². The SMILES string of the molecule is CC(C)Sc1ccc(OC(F)F)c(-c2nn(CC(=O)N3CCC(N4CCN(C5COC5)CC4)CC3)cc2NC(=O)c2cnn3cccnc23)c1. The van der Waals surface area contributed by atoms with Crippen molar-refractivity contribution >= 4 is 34.9 Å². The van der Waals surface area contributed by atoms with Crippen LogP contribution in [0.2, 0.25) is 0 Å². The van der Waals surface area contributed by atoms with Gasteiger partial charge in [-0.25, -0.2) is 9.50 Å². The van der Waals surface area contributed by atoms with E-state index in [1.54, 1.807) is 48.6 Å². The molecule has 0 bridgehead atoms. The van der Waals surface area contributed by atoms with Gasteiger partial charge in [-0.3, -0.25) is 24.1 Å². The molecule has 0 saturated carbocycles. The van der Waals surface area contributed by atoms with Crippen molar-refractivity contribution in [2.45, 2.75) is 62.1 Å². The van der Waals surface area contributed by atoms with Gasteiger partial charge in [0, 0.05) is 79.6 Å². The maximum atomic E-state index is 13.6. The molecule has 0 spiro atoms. The van der Waals surface area contributed by atoms with Gasteiger partial charge in [0.2, 0.25) is 5.91 Å². The van der Waals surface area contributed by atoms with Gasteiger partial charge in [0.25, 0.3) is 5.91 Å². The Hall–Kier alpha value is -4.12. The fraction of sp³-hybridized carbons (Fsp3) is 0.500. The predicted octanol–water partition coefficient (Wildman–Crippen LogP) is 3.95. The minimum atomic E-state index is -3.08. The molecule has 6 heterocycles. The van der Waals surface area contributed by atoms with Crippen LogP contribution in [0.1, 0.15) is 37.0 Å². The molecule has 2 amide bonds. The molecule has 1 N–H and O–H groups in total. The molecule has 13 nitrogen and oxygen atoms in total. The molecule has 3 aliphatic heterocycles. The highest BCUT2D eigenvalue weighted by atomic mass is 32.2. The Morgan fingerprint density at radius 1 is 1.06 bits per heavy atom. The number of nitrogens with one attached hydrogen (secondary N) is 1. The number of rotatable bonds is 11. The predicted molar refractivity (Wildman–Crippen MR) is 184 cm³/mol. The van der Waals surface area contributed by atoms with Gasteiger partial charge in [-0.1, -0.05) is 13.8 Å². The van der Waals surface area contributed by atoms with Crippen molar-refractivity contribution in [3.8, 4) is 17.0 Å². The third-order valence-corrected chi connectivity index (χ3v) is 10.4. The van der Waals surface area contributed by atoms with Gasteiger partial charge in [-0.15, -0.1) is 11.8 Å². The van der Waals surface area contributed by atoms with E-state index in [0.29, 0.717) is 30.8 Å². The van der Waals surface area contributed by atoms with E-state index in [2.05, 4.69) is 30.3 Å². The number of carbonyl (C=O) groups excluding carboxylic acids is 2. The number of hydrogen-bond acceptors (Lipinski definition) is 10. The number of fused-ring (bicyclic) bond motifs is 1. The first-order chi connectivity index (χ1) is 24.2. The second kappa shape index (κ2) is 15.0. The number of hydrogen-bond donors (Lipinski definition) is 1. The van der Waals surface area contributed by atoms with Gasteiger partial charge in [-0.2, -0.15) is 19.0 Å². The van der Waals surface area contributed by atoms with E-state index in [-0.39, 0.29) is 46.0 Å². The van der Waals surface area contributed by atoms with E-state index in [1.165, 1.54) is 21.5 Å². The Morgan fingerprint density at radius 2 is 1.80 bits per heavy atom. The molecule has 0 atom stereocenters. The molecule has 50 heavy (non-hydrogen) atoms. The first kappa shape index (κ1) is 34.3. The van der Waals surface area contributed by atoms with Crippen LogP contribution in [0, 0.1) is 0 Å². The van der Waals surface area contributed by atoms with Crippen LogP contribution < -0.4 is 10.1 Å². The highest BCUT2D eigenvalue weighted by Crippen LogP contribution is 2.39. The van der Waals surface area contributed by atoms with E-state index >= 15 is 0 Å². The van der Waals surface area contributed by atoms with Crippen LogP contribution in [0.5, 0.6) is 5.75 Å². The number of aromatic nitrogens is 5. The second-order valence-corrected chi connectivity index (χ2v) is 14.7. The van der Waals surface area contributed by atoms with Crippen molar-refractivity contribution in [1.29, 1.82) is 0 Å². The molecule has 3 aliphatic rings. The van der Waals surface area contributed by atoms with Crippen LogP contribution in [0.4, 0.5) is 14.5 Å².